The highest BCUT2D eigenvalue weighted by atomic mass is 16.5. The molecule has 0 spiro atoms. The molecule has 0 aliphatic carbocycles. The molecule has 5 heteroatoms. The Morgan fingerprint density at radius 3 is 3.05 bits per heavy atom. The minimum Gasteiger partial charge on any atom is -0.386 e. The van der Waals surface area contributed by atoms with Gasteiger partial charge in [-0.15, -0.1) is 0 Å². The van der Waals surface area contributed by atoms with Crippen molar-refractivity contribution in [3.63, 3.8) is 0 Å². The van der Waals surface area contributed by atoms with Gasteiger partial charge in [-0.3, -0.25) is 10.4 Å². The van der Waals surface area contributed by atoms with Crippen LogP contribution in [-0.2, 0) is 18.4 Å². The molecule has 1 aliphatic rings. The number of aromatic nitrogens is 2. The van der Waals surface area contributed by atoms with E-state index in [9.17, 15) is 5.11 Å². The summed E-state index contributed by atoms with van der Waals surface area (Å²) < 4.78 is 7.15. The smallest absolute Gasteiger partial charge is 0.124 e. The van der Waals surface area contributed by atoms with E-state index in [1.54, 1.807) is 23.0 Å². The molecule has 98 valence electrons. The van der Waals surface area contributed by atoms with Gasteiger partial charge in [0.15, 0.2) is 0 Å². The van der Waals surface area contributed by atoms with Gasteiger partial charge >= 0.3 is 0 Å². The summed E-state index contributed by atoms with van der Waals surface area (Å²) >= 11 is 0. The van der Waals surface area contributed by atoms with Crippen LogP contribution in [0.25, 0.3) is 11.1 Å². The van der Waals surface area contributed by atoms with Crippen LogP contribution in [0.3, 0.4) is 0 Å². The molecule has 1 aliphatic heterocycles. The molecule has 1 unspecified atom stereocenters. The number of hydrogen-bond acceptors (Lipinski definition) is 4. The minimum atomic E-state index is -0.611. The van der Waals surface area contributed by atoms with Crippen molar-refractivity contribution in [2.24, 2.45) is 7.05 Å². The van der Waals surface area contributed by atoms with Crippen LogP contribution in [0.4, 0.5) is 0 Å². The SMILES string of the molecule is Cn1cc(-c2cncc3c2COCC3O)ccc1=N. The summed E-state index contributed by atoms with van der Waals surface area (Å²) in [5.41, 5.74) is 4.18. The van der Waals surface area contributed by atoms with E-state index in [2.05, 4.69) is 4.98 Å². The van der Waals surface area contributed by atoms with E-state index in [0.717, 1.165) is 22.3 Å². The normalized spacial score (nSPS) is 18.1. The monoisotopic (exact) mass is 257 g/mol. The summed E-state index contributed by atoms with van der Waals surface area (Å²) in [4.78, 5) is 4.21. The van der Waals surface area contributed by atoms with E-state index in [-0.39, 0.29) is 0 Å². The van der Waals surface area contributed by atoms with Crippen LogP contribution < -0.4 is 5.49 Å². The van der Waals surface area contributed by atoms with Crippen molar-refractivity contribution in [3.8, 4) is 11.1 Å². The Labute approximate surface area is 110 Å². The van der Waals surface area contributed by atoms with Gasteiger partial charge in [0, 0.05) is 36.8 Å². The first kappa shape index (κ1) is 12.1. The van der Waals surface area contributed by atoms with Gasteiger partial charge in [-0.25, -0.2) is 0 Å². The van der Waals surface area contributed by atoms with E-state index in [1.165, 1.54) is 0 Å². The average Bonchev–Trinajstić information content (AvgIpc) is 2.42. The van der Waals surface area contributed by atoms with Gasteiger partial charge in [0.25, 0.3) is 0 Å². The van der Waals surface area contributed by atoms with Gasteiger partial charge in [0.2, 0.25) is 0 Å². The van der Waals surface area contributed by atoms with E-state index >= 15 is 0 Å². The fourth-order valence-corrected chi connectivity index (χ4v) is 2.33. The molecule has 0 radical (unpaired) electrons. The fraction of sp³-hybridized carbons (Fsp3) is 0.286. The first-order valence-electron chi connectivity index (χ1n) is 6.11. The molecule has 5 nitrogen and oxygen atoms in total. The molecule has 2 aromatic heterocycles. The van der Waals surface area contributed by atoms with E-state index in [0.29, 0.717) is 18.7 Å². The number of rotatable bonds is 1. The molecule has 0 saturated heterocycles. The lowest BCUT2D eigenvalue weighted by Gasteiger charge is -2.23. The molecule has 19 heavy (non-hydrogen) atoms. The van der Waals surface area contributed by atoms with Crippen molar-refractivity contribution in [2.75, 3.05) is 6.61 Å². The van der Waals surface area contributed by atoms with Gasteiger partial charge in [0.05, 0.1) is 13.2 Å². The van der Waals surface area contributed by atoms with Crippen molar-refractivity contribution >= 4 is 0 Å². The van der Waals surface area contributed by atoms with Crippen LogP contribution >= 0.6 is 0 Å². The van der Waals surface area contributed by atoms with Crippen LogP contribution in [0.15, 0.2) is 30.7 Å². The highest BCUT2D eigenvalue weighted by Crippen LogP contribution is 2.31. The third-order valence-electron chi connectivity index (χ3n) is 3.42. The van der Waals surface area contributed by atoms with Crippen LogP contribution in [-0.4, -0.2) is 21.3 Å². The van der Waals surface area contributed by atoms with Crippen LogP contribution in [0, 0.1) is 5.41 Å². The maximum absolute atomic E-state index is 9.93. The molecular formula is C14H15N3O2. The summed E-state index contributed by atoms with van der Waals surface area (Å²) in [6, 6.07) is 3.63. The van der Waals surface area contributed by atoms with Gasteiger partial charge in [-0.2, -0.15) is 0 Å². The van der Waals surface area contributed by atoms with Gasteiger partial charge in [0.1, 0.15) is 11.6 Å². The Kier molecular flexibility index (Phi) is 2.93. The number of aryl methyl sites for hydroxylation is 1. The third-order valence-corrected chi connectivity index (χ3v) is 3.42. The topological polar surface area (TPSA) is 71.1 Å². The largest absolute Gasteiger partial charge is 0.386 e. The van der Waals surface area contributed by atoms with Crippen molar-refractivity contribution in [2.45, 2.75) is 12.7 Å². The molecule has 0 fully saturated rings. The Hall–Kier alpha value is -1.98. The summed E-state index contributed by atoms with van der Waals surface area (Å²) in [5, 5.41) is 17.6. The zero-order valence-electron chi connectivity index (χ0n) is 10.6. The van der Waals surface area contributed by atoms with Crippen LogP contribution in [0.1, 0.15) is 17.2 Å². The molecule has 0 saturated carbocycles. The first-order valence-corrected chi connectivity index (χ1v) is 6.11. The lowest BCUT2D eigenvalue weighted by atomic mass is 9.95. The van der Waals surface area contributed by atoms with Crippen molar-refractivity contribution in [1.29, 1.82) is 5.41 Å². The number of pyridine rings is 2. The number of hydrogen-bond donors (Lipinski definition) is 2. The first-order chi connectivity index (χ1) is 9.16. The summed E-state index contributed by atoms with van der Waals surface area (Å²) in [6.07, 6.45) is 4.76. The van der Waals surface area contributed by atoms with Crippen LogP contribution in [0.5, 0.6) is 0 Å². The highest BCUT2D eigenvalue weighted by Gasteiger charge is 2.21. The Morgan fingerprint density at radius 2 is 2.26 bits per heavy atom. The lowest BCUT2D eigenvalue weighted by Crippen LogP contribution is -2.18. The maximum Gasteiger partial charge on any atom is 0.124 e. The number of nitrogens with one attached hydrogen (secondary N) is 1. The molecule has 3 heterocycles. The maximum atomic E-state index is 9.93. The standard InChI is InChI=1S/C14H15N3O2/c1-17-6-9(2-3-14(17)15)10-4-16-5-11-12(10)7-19-8-13(11)18/h2-6,13,15,18H,7-8H2,1H3. The molecule has 1 atom stereocenters. The average molecular weight is 257 g/mol. The number of ether oxygens (including phenoxy) is 1. The fourth-order valence-electron chi connectivity index (χ4n) is 2.33. The van der Waals surface area contributed by atoms with Crippen molar-refractivity contribution in [3.05, 3.63) is 47.3 Å². The molecule has 2 aromatic rings. The van der Waals surface area contributed by atoms with Crippen molar-refractivity contribution < 1.29 is 9.84 Å². The molecule has 0 amide bonds. The number of nitrogens with zero attached hydrogens (tertiary/aromatic N) is 2. The predicted molar refractivity (Wildman–Crippen MR) is 69.1 cm³/mol. The molecule has 0 bridgehead atoms. The van der Waals surface area contributed by atoms with E-state index in [1.807, 2.05) is 19.3 Å². The molecule has 2 N–H and O–H groups in total. The van der Waals surface area contributed by atoms with Gasteiger partial charge in [-0.05, 0) is 23.3 Å². The van der Waals surface area contributed by atoms with E-state index < -0.39 is 6.10 Å². The Bertz CT molecular complexity index is 679. The zero-order valence-corrected chi connectivity index (χ0v) is 10.6. The Morgan fingerprint density at radius 1 is 1.42 bits per heavy atom. The second-order valence-electron chi connectivity index (χ2n) is 4.70. The third kappa shape index (κ3) is 2.07. The highest BCUT2D eigenvalue weighted by molar-refractivity contribution is 5.67. The van der Waals surface area contributed by atoms with Gasteiger partial charge < -0.3 is 14.4 Å². The molecular weight excluding hydrogens is 242 g/mol. The lowest BCUT2D eigenvalue weighted by molar-refractivity contribution is 0.00981. The second kappa shape index (κ2) is 4.60. The van der Waals surface area contributed by atoms with Crippen LogP contribution in [0.2, 0.25) is 0 Å². The minimum absolute atomic E-state index is 0.317. The number of aliphatic hydroxyl groups excluding tert-OH is 1. The number of aliphatic hydroxyl groups is 1. The summed E-state index contributed by atoms with van der Waals surface area (Å²) in [5.74, 6) is 0. The summed E-state index contributed by atoms with van der Waals surface area (Å²) in [7, 11) is 1.83. The van der Waals surface area contributed by atoms with Gasteiger partial charge in [-0.1, -0.05) is 0 Å². The zero-order chi connectivity index (χ0) is 13.4. The quantitative estimate of drug-likeness (QED) is 0.804. The second-order valence-corrected chi connectivity index (χ2v) is 4.70. The molecule has 3 rings (SSSR count). The Balaban J connectivity index is 2.17. The predicted octanol–water partition coefficient (Wildman–Crippen LogP) is 1.13. The molecule has 0 aromatic carbocycles. The number of fused-ring (bicyclic) bond motifs is 1. The summed E-state index contributed by atoms with van der Waals surface area (Å²) in [6.45, 7) is 0.800. The van der Waals surface area contributed by atoms with Crippen molar-refractivity contribution in [1.82, 2.24) is 9.55 Å². The van der Waals surface area contributed by atoms with E-state index in [4.69, 9.17) is 10.1 Å².